The lowest BCUT2D eigenvalue weighted by Gasteiger charge is -2.37. The molecule has 1 rings (SSSR count). The van der Waals surface area contributed by atoms with Crippen molar-refractivity contribution >= 4 is 0 Å². The van der Waals surface area contributed by atoms with Gasteiger partial charge in [-0.2, -0.15) is 0 Å². The number of ether oxygens (including phenoxy) is 2. The molecular weight excluding hydrogens is 156 g/mol. The van der Waals surface area contributed by atoms with Gasteiger partial charge in [0.25, 0.3) is 0 Å². The molecule has 1 saturated heterocycles. The summed E-state index contributed by atoms with van der Waals surface area (Å²) >= 11 is 0. The molecule has 0 aromatic carbocycles. The summed E-state index contributed by atoms with van der Waals surface area (Å²) in [4.78, 5) is 0. The highest BCUT2D eigenvalue weighted by Gasteiger charge is 2.33. The maximum atomic E-state index is 8.96. The Morgan fingerprint density at radius 3 is 2.58 bits per heavy atom. The Morgan fingerprint density at radius 1 is 1.42 bits per heavy atom. The van der Waals surface area contributed by atoms with E-state index in [2.05, 4.69) is 13.3 Å². The fourth-order valence-corrected chi connectivity index (χ4v) is 1.59. The van der Waals surface area contributed by atoms with Crippen molar-refractivity contribution in [3.63, 3.8) is 0 Å². The second-order valence-electron chi connectivity index (χ2n) is 3.37. The number of rotatable bonds is 2. The molecule has 0 bridgehead atoms. The number of hydrogen-bond donors (Lipinski definition) is 1. The molecule has 1 aliphatic rings. The van der Waals surface area contributed by atoms with Crippen LogP contribution in [-0.2, 0) is 9.47 Å². The summed E-state index contributed by atoms with van der Waals surface area (Å²) in [7, 11) is 1.62. The predicted molar refractivity (Wildman–Crippen MR) is 45.4 cm³/mol. The molecule has 0 aromatic rings. The van der Waals surface area contributed by atoms with Crippen molar-refractivity contribution in [2.75, 3.05) is 13.7 Å². The molecule has 1 fully saturated rings. The Hall–Kier alpha value is -0.120. The molecule has 0 aliphatic carbocycles. The lowest BCUT2D eigenvalue weighted by Crippen LogP contribution is -2.42. The Morgan fingerprint density at radius 2 is 2.08 bits per heavy atom. The number of methoxy groups -OCH3 is 1. The van der Waals surface area contributed by atoms with Gasteiger partial charge in [-0.05, 0) is 12.3 Å². The zero-order chi connectivity index (χ0) is 9.14. The van der Waals surface area contributed by atoms with Crippen molar-refractivity contribution < 1.29 is 14.6 Å². The van der Waals surface area contributed by atoms with E-state index in [1.54, 1.807) is 7.11 Å². The predicted octanol–water partition coefficient (Wildman–Crippen LogP) is 0.826. The molecule has 4 unspecified atom stereocenters. The van der Waals surface area contributed by atoms with Gasteiger partial charge in [0.1, 0.15) is 0 Å². The molecule has 1 N–H and O–H groups in total. The standard InChI is InChI=1S/C9H17O3/c1-6-4-7(2)9(11-3)12-8(6)5-10/h4,6-10H,5H2,1-3H3. The third-order valence-electron chi connectivity index (χ3n) is 2.34. The van der Waals surface area contributed by atoms with Crippen LogP contribution in [0.5, 0.6) is 0 Å². The Balaban J connectivity index is 2.50. The van der Waals surface area contributed by atoms with Crippen LogP contribution in [0.15, 0.2) is 0 Å². The fourth-order valence-electron chi connectivity index (χ4n) is 1.59. The molecule has 0 aromatic heterocycles. The highest BCUT2D eigenvalue weighted by molar-refractivity contribution is 4.90. The number of hydrogen-bond acceptors (Lipinski definition) is 3. The van der Waals surface area contributed by atoms with E-state index in [1.807, 2.05) is 6.92 Å². The first-order valence-corrected chi connectivity index (χ1v) is 4.33. The van der Waals surface area contributed by atoms with Gasteiger partial charge in [0.15, 0.2) is 6.29 Å². The third-order valence-corrected chi connectivity index (χ3v) is 2.34. The van der Waals surface area contributed by atoms with Crippen LogP contribution in [0.4, 0.5) is 0 Å². The molecule has 3 heteroatoms. The van der Waals surface area contributed by atoms with Gasteiger partial charge < -0.3 is 14.6 Å². The van der Waals surface area contributed by atoms with Crippen LogP contribution >= 0.6 is 0 Å². The molecule has 12 heavy (non-hydrogen) atoms. The fraction of sp³-hybridized carbons (Fsp3) is 0.889. The van der Waals surface area contributed by atoms with Crippen LogP contribution in [0.1, 0.15) is 13.8 Å². The minimum atomic E-state index is -0.196. The van der Waals surface area contributed by atoms with Gasteiger partial charge in [0.2, 0.25) is 0 Å². The van der Waals surface area contributed by atoms with Crippen molar-refractivity contribution in [3.8, 4) is 0 Å². The van der Waals surface area contributed by atoms with Gasteiger partial charge in [-0.1, -0.05) is 13.8 Å². The minimum Gasteiger partial charge on any atom is -0.394 e. The summed E-state index contributed by atoms with van der Waals surface area (Å²) in [6, 6.07) is 0. The largest absolute Gasteiger partial charge is 0.394 e. The molecule has 1 aliphatic heterocycles. The smallest absolute Gasteiger partial charge is 0.160 e. The van der Waals surface area contributed by atoms with Crippen LogP contribution in [0.2, 0.25) is 0 Å². The van der Waals surface area contributed by atoms with Crippen molar-refractivity contribution in [1.82, 2.24) is 0 Å². The molecule has 1 heterocycles. The summed E-state index contributed by atoms with van der Waals surface area (Å²) < 4.78 is 10.6. The molecule has 71 valence electrons. The van der Waals surface area contributed by atoms with E-state index >= 15 is 0 Å². The van der Waals surface area contributed by atoms with Crippen molar-refractivity contribution in [1.29, 1.82) is 0 Å². The maximum Gasteiger partial charge on any atom is 0.160 e. The van der Waals surface area contributed by atoms with Crippen LogP contribution in [-0.4, -0.2) is 31.2 Å². The van der Waals surface area contributed by atoms with E-state index in [4.69, 9.17) is 14.6 Å². The monoisotopic (exact) mass is 173 g/mol. The lowest BCUT2D eigenvalue weighted by atomic mass is 9.89. The normalized spacial score (nSPS) is 43.0. The second kappa shape index (κ2) is 4.21. The third kappa shape index (κ3) is 1.97. The molecule has 0 amide bonds. The highest BCUT2D eigenvalue weighted by Crippen LogP contribution is 2.28. The van der Waals surface area contributed by atoms with Crippen molar-refractivity contribution in [2.24, 2.45) is 11.8 Å². The van der Waals surface area contributed by atoms with Gasteiger partial charge in [-0.25, -0.2) is 0 Å². The molecule has 0 spiro atoms. The Bertz CT molecular complexity index is 124. The molecule has 0 saturated carbocycles. The van der Waals surface area contributed by atoms with Crippen molar-refractivity contribution in [3.05, 3.63) is 6.42 Å². The zero-order valence-electron chi connectivity index (χ0n) is 7.86. The summed E-state index contributed by atoms with van der Waals surface area (Å²) in [5, 5.41) is 8.96. The summed E-state index contributed by atoms with van der Waals surface area (Å²) in [5.41, 5.74) is 0. The summed E-state index contributed by atoms with van der Waals surface area (Å²) in [6.45, 7) is 4.16. The summed E-state index contributed by atoms with van der Waals surface area (Å²) in [5.74, 6) is 0.601. The van der Waals surface area contributed by atoms with Gasteiger partial charge in [-0.3, -0.25) is 0 Å². The maximum absolute atomic E-state index is 8.96. The van der Waals surface area contributed by atoms with E-state index in [9.17, 15) is 0 Å². The van der Waals surface area contributed by atoms with E-state index < -0.39 is 0 Å². The highest BCUT2D eigenvalue weighted by atomic mass is 16.7. The van der Waals surface area contributed by atoms with Crippen LogP contribution in [0.3, 0.4) is 0 Å². The minimum absolute atomic E-state index is 0.0598. The Kier molecular flexibility index (Phi) is 3.50. The van der Waals surface area contributed by atoms with Crippen LogP contribution < -0.4 is 0 Å². The van der Waals surface area contributed by atoms with Gasteiger partial charge in [-0.15, -0.1) is 0 Å². The van der Waals surface area contributed by atoms with E-state index in [-0.39, 0.29) is 19.0 Å². The van der Waals surface area contributed by atoms with E-state index in [1.165, 1.54) is 0 Å². The summed E-state index contributed by atoms with van der Waals surface area (Å²) in [6.07, 6.45) is 1.86. The van der Waals surface area contributed by atoms with Gasteiger partial charge >= 0.3 is 0 Å². The van der Waals surface area contributed by atoms with Gasteiger partial charge in [0.05, 0.1) is 12.7 Å². The van der Waals surface area contributed by atoms with E-state index in [0.29, 0.717) is 11.8 Å². The first-order chi connectivity index (χ1) is 5.69. The first-order valence-electron chi connectivity index (χ1n) is 4.33. The molecule has 3 nitrogen and oxygen atoms in total. The molecular formula is C9H17O3. The van der Waals surface area contributed by atoms with E-state index in [0.717, 1.165) is 0 Å². The zero-order valence-corrected chi connectivity index (χ0v) is 7.86. The quantitative estimate of drug-likeness (QED) is 0.672. The topological polar surface area (TPSA) is 38.7 Å². The second-order valence-corrected chi connectivity index (χ2v) is 3.37. The van der Waals surface area contributed by atoms with Gasteiger partial charge in [0, 0.05) is 13.0 Å². The molecule has 4 atom stereocenters. The number of aliphatic hydroxyl groups excluding tert-OH is 1. The SMILES string of the molecule is COC1OC(CO)C(C)[CH]C1C. The van der Waals surface area contributed by atoms with Crippen LogP contribution in [0.25, 0.3) is 0 Å². The number of aliphatic hydroxyl groups is 1. The van der Waals surface area contributed by atoms with Crippen molar-refractivity contribution in [2.45, 2.75) is 26.2 Å². The molecule has 1 radical (unpaired) electrons. The lowest BCUT2D eigenvalue weighted by molar-refractivity contribution is -0.211. The van der Waals surface area contributed by atoms with Crippen LogP contribution in [0, 0.1) is 18.3 Å². The first kappa shape index (κ1) is 9.96. The average molecular weight is 173 g/mol. The average Bonchev–Trinajstić information content (AvgIpc) is 2.05. The Labute approximate surface area is 73.7 Å².